The van der Waals surface area contributed by atoms with Crippen LogP contribution in [0.2, 0.25) is 10.0 Å². The van der Waals surface area contributed by atoms with Crippen molar-refractivity contribution in [2.75, 3.05) is 25.5 Å². The summed E-state index contributed by atoms with van der Waals surface area (Å²) in [7, 11) is 2.16. The number of rotatable bonds is 2. The molecule has 16 heavy (non-hydrogen) atoms. The maximum atomic E-state index is 6.14. The second-order valence-electron chi connectivity index (χ2n) is 4.32. The van der Waals surface area contributed by atoms with Crippen LogP contribution in [0.3, 0.4) is 0 Å². The summed E-state index contributed by atoms with van der Waals surface area (Å²) in [6, 6.07) is 6.22. The molecule has 0 spiro atoms. The minimum atomic E-state index is 0.507. The molecule has 1 aliphatic rings. The highest BCUT2D eigenvalue weighted by atomic mass is 35.5. The van der Waals surface area contributed by atoms with E-state index >= 15 is 0 Å². The maximum absolute atomic E-state index is 6.14. The molecule has 1 saturated heterocycles. The van der Waals surface area contributed by atoms with Crippen LogP contribution in [0.4, 0.5) is 5.69 Å². The standard InChI is InChI=1S/C12H16Cl2N2/c1-16-7-5-9(6-8-16)15-11-4-2-3-10(13)12(11)14/h2-4,9,15H,5-8H2,1H3. The molecule has 0 amide bonds. The van der Waals surface area contributed by atoms with Crippen molar-refractivity contribution in [1.29, 1.82) is 0 Å². The minimum Gasteiger partial charge on any atom is -0.381 e. The second kappa shape index (κ2) is 5.26. The normalized spacial score (nSPS) is 18.7. The Morgan fingerprint density at radius 2 is 1.94 bits per heavy atom. The van der Waals surface area contributed by atoms with E-state index in [2.05, 4.69) is 17.3 Å². The Hall–Kier alpha value is -0.440. The molecule has 0 radical (unpaired) electrons. The van der Waals surface area contributed by atoms with E-state index in [4.69, 9.17) is 23.2 Å². The molecule has 1 N–H and O–H groups in total. The zero-order valence-electron chi connectivity index (χ0n) is 9.34. The molecule has 4 heteroatoms. The molecule has 2 rings (SSSR count). The highest BCUT2D eigenvalue weighted by molar-refractivity contribution is 6.43. The van der Waals surface area contributed by atoms with E-state index in [1.165, 1.54) is 0 Å². The molecule has 1 heterocycles. The molecule has 2 nitrogen and oxygen atoms in total. The smallest absolute Gasteiger partial charge is 0.0823 e. The molecule has 0 atom stereocenters. The largest absolute Gasteiger partial charge is 0.381 e. The van der Waals surface area contributed by atoms with Crippen LogP contribution >= 0.6 is 23.2 Å². The first-order valence-corrected chi connectivity index (χ1v) is 6.31. The molecule has 0 aromatic heterocycles. The highest BCUT2D eigenvalue weighted by Gasteiger charge is 2.17. The lowest BCUT2D eigenvalue weighted by molar-refractivity contribution is 0.264. The lowest BCUT2D eigenvalue weighted by atomic mass is 10.1. The Morgan fingerprint density at radius 3 is 2.62 bits per heavy atom. The monoisotopic (exact) mass is 258 g/mol. The van der Waals surface area contributed by atoms with Gasteiger partial charge in [0, 0.05) is 6.04 Å². The predicted octanol–water partition coefficient (Wildman–Crippen LogP) is 3.50. The molecule has 0 bridgehead atoms. The SMILES string of the molecule is CN1CCC(Nc2cccc(Cl)c2Cl)CC1. The quantitative estimate of drug-likeness (QED) is 0.874. The first-order valence-electron chi connectivity index (χ1n) is 5.56. The van der Waals surface area contributed by atoms with Gasteiger partial charge in [-0.15, -0.1) is 0 Å². The van der Waals surface area contributed by atoms with Crippen molar-refractivity contribution in [3.8, 4) is 0 Å². The van der Waals surface area contributed by atoms with Crippen LogP contribution in [0.1, 0.15) is 12.8 Å². The molecule has 0 saturated carbocycles. The third-order valence-corrected chi connectivity index (χ3v) is 3.85. The topological polar surface area (TPSA) is 15.3 Å². The fourth-order valence-electron chi connectivity index (χ4n) is 1.99. The van der Waals surface area contributed by atoms with Gasteiger partial charge in [0.05, 0.1) is 15.7 Å². The predicted molar refractivity (Wildman–Crippen MR) is 70.6 cm³/mol. The van der Waals surface area contributed by atoms with Gasteiger partial charge in [0.2, 0.25) is 0 Å². The van der Waals surface area contributed by atoms with E-state index in [1.54, 1.807) is 0 Å². The van der Waals surface area contributed by atoms with E-state index < -0.39 is 0 Å². The number of halogens is 2. The number of hydrogen-bond acceptors (Lipinski definition) is 2. The van der Waals surface area contributed by atoms with Gasteiger partial charge in [-0.2, -0.15) is 0 Å². The number of anilines is 1. The lowest BCUT2D eigenvalue weighted by Gasteiger charge is -2.30. The Labute approximate surface area is 107 Å². The van der Waals surface area contributed by atoms with Gasteiger partial charge < -0.3 is 10.2 Å². The third kappa shape index (κ3) is 2.82. The fraction of sp³-hybridized carbons (Fsp3) is 0.500. The Bertz CT molecular complexity index is 360. The summed E-state index contributed by atoms with van der Waals surface area (Å²) < 4.78 is 0. The third-order valence-electron chi connectivity index (χ3n) is 3.03. The first-order chi connectivity index (χ1) is 7.66. The summed E-state index contributed by atoms with van der Waals surface area (Å²) >= 11 is 12.1. The van der Waals surface area contributed by atoms with Gasteiger partial charge in [0.15, 0.2) is 0 Å². The van der Waals surface area contributed by atoms with Crippen LogP contribution in [-0.4, -0.2) is 31.1 Å². The molecule has 0 unspecified atom stereocenters. The molecule has 1 aromatic carbocycles. The van der Waals surface area contributed by atoms with Crippen LogP contribution in [0.15, 0.2) is 18.2 Å². The van der Waals surface area contributed by atoms with Crippen LogP contribution in [-0.2, 0) is 0 Å². The molecule has 1 aromatic rings. The van der Waals surface area contributed by atoms with Crippen molar-refractivity contribution in [2.24, 2.45) is 0 Å². The van der Waals surface area contributed by atoms with E-state index in [0.717, 1.165) is 31.6 Å². The summed E-state index contributed by atoms with van der Waals surface area (Å²) in [5.41, 5.74) is 0.948. The molecule has 0 aliphatic carbocycles. The zero-order valence-corrected chi connectivity index (χ0v) is 10.9. The van der Waals surface area contributed by atoms with Crippen molar-refractivity contribution >= 4 is 28.9 Å². The van der Waals surface area contributed by atoms with E-state index in [-0.39, 0.29) is 0 Å². The minimum absolute atomic E-state index is 0.507. The molecular formula is C12H16Cl2N2. The summed E-state index contributed by atoms with van der Waals surface area (Å²) in [5, 5.41) is 4.71. The second-order valence-corrected chi connectivity index (χ2v) is 5.11. The lowest BCUT2D eigenvalue weighted by Crippen LogP contribution is -2.36. The molecule has 1 fully saturated rings. The number of nitrogens with zero attached hydrogens (tertiary/aromatic N) is 1. The fourth-order valence-corrected chi connectivity index (χ4v) is 2.34. The number of benzene rings is 1. The van der Waals surface area contributed by atoms with Gasteiger partial charge in [-0.25, -0.2) is 0 Å². The maximum Gasteiger partial charge on any atom is 0.0823 e. The van der Waals surface area contributed by atoms with Crippen molar-refractivity contribution in [3.05, 3.63) is 28.2 Å². The molecule has 88 valence electrons. The van der Waals surface area contributed by atoms with Crippen molar-refractivity contribution in [1.82, 2.24) is 4.90 Å². The average Bonchev–Trinajstić information content (AvgIpc) is 2.28. The Kier molecular flexibility index (Phi) is 3.95. The van der Waals surface area contributed by atoms with Crippen LogP contribution in [0, 0.1) is 0 Å². The zero-order chi connectivity index (χ0) is 11.5. The summed E-state index contributed by atoms with van der Waals surface area (Å²) in [5.74, 6) is 0. The number of nitrogens with one attached hydrogen (secondary N) is 1. The highest BCUT2D eigenvalue weighted by Crippen LogP contribution is 2.30. The van der Waals surface area contributed by atoms with Crippen LogP contribution < -0.4 is 5.32 Å². The van der Waals surface area contributed by atoms with Gasteiger partial charge in [-0.3, -0.25) is 0 Å². The number of hydrogen-bond donors (Lipinski definition) is 1. The molecular weight excluding hydrogens is 243 g/mol. The van der Waals surface area contributed by atoms with Gasteiger partial charge in [-0.05, 0) is 45.1 Å². The van der Waals surface area contributed by atoms with Gasteiger partial charge >= 0.3 is 0 Å². The van der Waals surface area contributed by atoms with Crippen molar-refractivity contribution < 1.29 is 0 Å². The number of piperidine rings is 1. The van der Waals surface area contributed by atoms with Gasteiger partial charge in [-0.1, -0.05) is 29.3 Å². The number of likely N-dealkylation sites (tertiary alicyclic amines) is 1. The summed E-state index contributed by atoms with van der Waals surface area (Å²) in [4.78, 5) is 2.34. The van der Waals surface area contributed by atoms with E-state index in [9.17, 15) is 0 Å². The van der Waals surface area contributed by atoms with Crippen molar-refractivity contribution in [3.63, 3.8) is 0 Å². The van der Waals surface area contributed by atoms with Crippen LogP contribution in [0.25, 0.3) is 0 Å². The summed E-state index contributed by atoms with van der Waals surface area (Å²) in [6.07, 6.45) is 2.30. The molecule has 1 aliphatic heterocycles. The van der Waals surface area contributed by atoms with Gasteiger partial charge in [0.25, 0.3) is 0 Å². The van der Waals surface area contributed by atoms with Crippen LogP contribution in [0.5, 0.6) is 0 Å². The Morgan fingerprint density at radius 1 is 1.25 bits per heavy atom. The van der Waals surface area contributed by atoms with E-state index in [0.29, 0.717) is 16.1 Å². The van der Waals surface area contributed by atoms with Crippen molar-refractivity contribution in [2.45, 2.75) is 18.9 Å². The van der Waals surface area contributed by atoms with Gasteiger partial charge in [0.1, 0.15) is 0 Å². The Balaban J connectivity index is 2.01. The van der Waals surface area contributed by atoms with E-state index in [1.807, 2.05) is 18.2 Å². The first kappa shape index (κ1) is 12.0. The average molecular weight is 259 g/mol. The summed E-state index contributed by atoms with van der Waals surface area (Å²) in [6.45, 7) is 2.27.